The molecule has 2 amide bonds. The van der Waals surface area contributed by atoms with Crippen molar-refractivity contribution >= 4 is 34.8 Å². The standard InChI is InChI=1S/C30H28N4O4/c1-37-27-14-11-21(17-28(27)38-2)16-24(23-6-5-15-32-19-23)30(36)33-18-20-9-12-22(13-10-20)29(35)34-26-8-4-3-7-25(26)31/h3-17,19H,18,31H2,1-2H3,(H,33,36)(H,34,35)/b24-16+. The molecule has 0 saturated heterocycles. The number of pyridine rings is 1. The lowest BCUT2D eigenvalue weighted by molar-refractivity contribution is -0.115. The van der Waals surface area contributed by atoms with Crippen molar-refractivity contribution in [1.82, 2.24) is 10.3 Å². The van der Waals surface area contributed by atoms with Crippen molar-refractivity contribution in [1.29, 1.82) is 0 Å². The summed E-state index contributed by atoms with van der Waals surface area (Å²) in [5.74, 6) is 0.622. The number of nitrogens with two attached hydrogens (primary N) is 1. The average Bonchev–Trinajstić information content (AvgIpc) is 2.96. The molecule has 1 aromatic heterocycles. The molecule has 4 rings (SSSR count). The summed E-state index contributed by atoms with van der Waals surface area (Å²) in [6.45, 7) is 0.274. The second kappa shape index (κ2) is 12.2. The van der Waals surface area contributed by atoms with E-state index in [1.54, 1.807) is 99.4 Å². The van der Waals surface area contributed by atoms with Gasteiger partial charge in [-0.1, -0.05) is 36.4 Å². The molecule has 8 heteroatoms. The normalized spacial score (nSPS) is 10.9. The van der Waals surface area contributed by atoms with Crippen molar-refractivity contribution < 1.29 is 19.1 Å². The Kier molecular flexibility index (Phi) is 8.35. The zero-order valence-corrected chi connectivity index (χ0v) is 21.1. The summed E-state index contributed by atoms with van der Waals surface area (Å²) >= 11 is 0. The SMILES string of the molecule is COc1ccc(/C=C(/C(=O)NCc2ccc(C(=O)Nc3ccccc3N)cc2)c2cccnc2)cc1OC. The maximum absolute atomic E-state index is 13.3. The number of carbonyl (C=O) groups is 2. The van der Waals surface area contributed by atoms with Crippen LogP contribution in [0.15, 0.2) is 91.3 Å². The number of nitrogens with zero attached hydrogens (tertiary/aromatic N) is 1. The van der Waals surface area contributed by atoms with Crippen LogP contribution in [0.3, 0.4) is 0 Å². The molecular weight excluding hydrogens is 480 g/mol. The van der Waals surface area contributed by atoms with Crippen molar-refractivity contribution in [3.63, 3.8) is 0 Å². The predicted molar refractivity (Wildman–Crippen MR) is 149 cm³/mol. The molecule has 0 aliphatic carbocycles. The summed E-state index contributed by atoms with van der Waals surface area (Å²) in [6.07, 6.45) is 5.06. The minimum Gasteiger partial charge on any atom is -0.493 e. The quantitative estimate of drug-likeness (QED) is 0.221. The molecule has 4 N–H and O–H groups in total. The number of hydrogen-bond acceptors (Lipinski definition) is 6. The number of benzene rings is 3. The lowest BCUT2D eigenvalue weighted by Crippen LogP contribution is -2.24. The van der Waals surface area contributed by atoms with E-state index in [1.165, 1.54) is 0 Å². The first-order valence-electron chi connectivity index (χ1n) is 11.9. The van der Waals surface area contributed by atoms with Crippen molar-refractivity contribution in [2.45, 2.75) is 6.54 Å². The van der Waals surface area contributed by atoms with Crippen molar-refractivity contribution in [2.75, 3.05) is 25.3 Å². The van der Waals surface area contributed by atoms with Crippen LogP contribution in [0.25, 0.3) is 11.6 Å². The Balaban J connectivity index is 1.48. The molecule has 8 nitrogen and oxygen atoms in total. The first kappa shape index (κ1) is 26.0. The smallest absolute Gasteiger partial charge is 0.255 e. The second-order valence-corrected chi connectivity index (χ2v) is 8.34. The van der Waals surface area contributed by atoms with E-state index in [9.17, 15) is 9.59 Å². The highest BCUT2D eigenvalue weighted by molar-refractivity contribution is 6.24. The maximum atomic E-state index is 13.3. The summed E-state index contributed by atoms with van der Waals surface area (Å²) in [6, 6.07) is 23.1. The van der Waals surface area contributed by atoms with Gasteiger partial charge in [0, 0.05) is 35.6 Å². The molecule has 0 fully saturated rings. The Labute approximate surface area is 221 Å². The number of nitrogen functional groups attached to an aromatic ring is 1. The van der Waals surface area contributed by atoms with Crippen LogP contribution in [0.1, 0.15) is 27.0 Å². The van der Waals surface area contributed by atoms with E-state index in [2.05, 4.69) is 15.6 Å². The first-order chi connectivity index (χ1) is 18.5. The number of ether oxygens (including phenoxy) is 2. The minimum absolute atomic E-state index is 0.268. The molecule has 0 aliphatic heterocycles. The van der Waals surface area contributed by atoms with Gasteiger partial charge in [-0.3, -0.25) is 14.6 Å². The van der Waals surface area contributed by atoms with Crippen LogP contribution < -0.4 is 25.8 Å². The second-order valence-electron chi connectivity index (χ2n) is 8.34. The number of nitrogens with one attached hydrogen (secondary N) is 2. The van der Waals surface area contributed by atoms with E-state index in [1.807, 2.05) is 12.1 Å². The fourth-order valence-electron chi connectivity index (χ4n) is 3.77. The molecule has 38 heavy (non-hydrogen) atoms. The van der Waals surface area contributed by atoms with E-state index in [-0.39, 0.29) is 18.4 Å². The van der Waals surface area contributed by atoms with Gasteiger partial charge >= 0.3 is 0 Å². The van der Waals surface area contributed by atoms with Crippen molar-refractivity contribution in [3.05, 3.63) is 114 Å². The zero-order chi connectivity index (χ0) is 26.9. The van der Waals surface area contributed by atoms with Gasteiger partial charge in [-0.05, 0) is 59.7 Å². The van der Waals surface area contributed by atoms with E-state index in [0.29, 0.717) is 39.6 Å². The molecule has 0 unspecified atom stereocenters. The van der Waals surface area contributed by atoms with Crippen LogP contribution in [-0.4, -0.2) is 31.0 Å². The number of anilines is 2. The highest BCUT2D eigenvalue weighted by atomic mass is 16.5. The van der Waals surface area contributed by atoms with E-state index >= 15 is 0 Å². The molecule has 0 spiro atoms. The summed E-state index contributed by atoms with van der Waals surface area (Å²) in [7, 11) is 3.13. The largest absolute Gasteiger partial charge is 0.493 e. The zero-order valence-electron chi connectivity index (χ0n) is 21.1. The molecule has 4 aromatic rings. The summed E-state index contributed by atoms with van der Waals surface area (Å²) < 4.78 is 10.7. The Morgan fingerprint density at radius 2 is 1.66 bits per heavy atom. The predicted octanol–water partition coefficient (Wildman–Crippen LogP) is 4.79. The number of amides is 2. The molecule has 0 aliphatic rings. The third-order valence-electron chi connectivity index (χ3n) is 5.81. The average molecular weight is 509 g/mol. The van der Waals surface area contributed by atoms with Gasteiger partial charge in [0.05, 0.1) is 25.6 Å². The summed E-state index contributed by atoms with van der Waals surface area (Å²) in [4.78, 5) is 30.0. The van der Waals surface area contributed by atoms with Crippen molar-refractivity contribution in [2.24, 2.45) is 0 Å². The summed E-state index contributed by atoms with van der Waals surface area (Å²) in [5, 5.41) is 5.76. The third-order valence-corrected chi connectivity index (χ3v) is 5.81. The third kappa shape index (κ3) is 6.36. The van der Waals surface area contributed by atoms with Crippen LogP contribution in [0.5, 0.6) is 11.5 Å². The monoisotopic (exact) mass is 508 g/mol. The van der Waals surface area contributed by atoms with Gasteiger partial charge in [0.1, 0.15) is 0 Å². The van der Waals surface area contributed by atoms with Crippen molar-refractivity contribution in [3.8, 4) is 11.5 Å². The van der Waals surface area contributed by atoms with Crippen LogP contribution in [0.4, 0.5) is 11.4 Å². The Hall–Kier alpha value is -5.11. The molecule has 3 aromatic carbocycles. The number of aromatic nitrogens is 1. The van der Waals surface area contributed by atoms with Gasteiger partial charge in [-0.15, -0.1) is 0 Å². The molecular formula is C30H28N4O4. The molecule has 0 bridgehead atoms. The topological polar surface area (TPSA) is 116 Å². The molecule has 192 valence electrons. The number of carbonyl (C=O) groups excluding carboxylic acids is 2. The highest BCUT2D eigenvalue weighted by Crippen LogP contribution is 2.29. The summed E-state index contributed by atoms with van der Waals surface area (Å²) in [5.41, 5.74) is 10.2. The van der Waals surface area contributed by atoms with Gasteiger partial charge in [-0.2, -0.15) is 0 Å². The Morgan fingerprint density at radius 1 is 0.895 bits per heavy atom. The molecule has 0 atom stereocenters. The number of hydrogen-bond donors (Lipinski definition) is 3. The molecule has 1 heterocycles. The van der Waals surface area contributed by atoms with Crippen LogP contribution in [0.2, 0.25) is 0 Å². The molecule has 0 radical (unpaired) electrons. The van der Waals surface area contributed by atoms with Crippen LogP contribution >= 0.6 is 0 Å². The van der Waals surface area contributed by atoms with Gasteiger partial charge in [0.2, 0.25) is 0 Å². The van der Waals surface area contributed by atoms with E-state index in [0.717, 1.165) is 11.1 Å². The lowest BCUT2D eigenvalue weighted by Gasteiger charge is -2.12. The fourth-order valence-corrected chi connectivity index (χ4v) is 3.77. The number of methoxy groups -OCH3 is 2. The van der Waals surface area contributed by atoms with E-state index in [4.69, 9.17) is 15.2 Å². The Morgan fingerprint density at radius 3 is 2.34 bits per heavy atom. The fraction of sp³-hybridized carbons (Fsp3) is 0.100. The molecule has 0 saturated carbocycles. The van der Waals surface area contributed by atoms with Crippen LogP contribution in [0, 0.1) is 0 Å². The number of para-hydroxylation sites is 2. The Bertz CT molecular complexity index is 1450. The van der Waals surface area contributed by atoms with Gasteiger partial charge < -0.3 is 25.8 Å². The maximum Gasteiger partial charge on any atom is 0.255 e. The first-order valence-corrected chi connectivity index (χ1v) is 11.9. The van der Waals surface area contributed by atoms with Crippen LogP contribution in [-0.2, 0) is 11.3 Å². The van der Waals surface area contributed by atoms with Gasteiger partial charge in [-0.25, -0.2) is 0 Å². The number of rotatable bonds is 9. The minimum atomic E-state index is -0.269. The lowest BCUT2D eigenvalue weighted by atomic mass is 10.0. The van der Waals surface area contributed by atoms with Gasteiger partial charge in [0.25, 0.3) is 11.8 Å². The van der Waals surface area contributed by atoms with E-state index < -0.39 is 0 Å². The van der Waals surface area contributed by atoms with Gasteiger partial charge in [0.15, 0.2) is 11.5 Å². The highest BCUT2D eigenvalue weighted by Gasteiger charge is 2.14.